The third-order valence-electron chi connectivity index (χ3n) is 7.14. The van der Waals surface area contributed by atoms with Crippen molar-refractivity contribution >= 4 is 23.6 Å². The van der Waals surface area contributed by atoms with Crippen LogP contribution in [0.2, 0.25) is 0 Å². The van der Waals surface area contributed by atoms with E-state index in [2.05, 4.69) is 10.6 Å². The second-order valence-corrected chi connectivity index (χ2v) is 9.36. The number of carbonyl (C=O) groups is 4. The highest BCUT2D eigenvalue weighted by atomic mass is 16.2. The van der Waals surface area contributed by atoms with Crippen molar-refractivity contribution < 1.29 is 24.5 Å². The van der Waals surface area contributed by atoms with E-state index >= 15 is 0 Å². The van der Waals surface area contributed by atoms with Gasteiger partial charge in [0, 0.05) is 38.8 Å². The van der Waals surface area contributed by atoms with E-state index in [4.69, 9.17) is 5.73 Å². The van der Waals surface area contributed by atoms with Gasteiger partial charge in [-0.15, -0.1) is 0 Å². The van der Waals surface area contributed by atoms with Crippen LogP contribution in [0.5, 0.6) is 0 Å². The molecule has 0 aromatic heterocycles. The summed E-state index contributed by atoms with van der Waals surface area (Å²) in [5, 5.41) is 5.02. The Balaban J connectivity index is 1.66. The first kappa shape index (κ1) is 23.5. The summed E-state index contributed by atoms with van der Waals surface area (Å²) in [5.74, 6) is -0.713. The van der Waals surface area contributed by atoms with E-state index in [9.17, 15) is 19.2 Å². The average molecular weight is 437 g/mol. The summed E-state index contributed by atoms with van der Waals surface area (Å²) in [6.45, 7) is 4.23. The van der Waals surface area contributed by atoms with Crippen molar-refractivity contribution in [3.8, 4) is 0 Å². The Labute approximate surface area is 184 Å². The van der Waals surface area contributed by atoms with Crippen LogP contribution in [0.4, 0.5) is 0 Å². The molecule has 2 aliphatic heterocycles. The number of piperidine rings is 1. The number of hydrogen-bond acceptors (Lipinski definition) is 4. The Kier molecular flexibility index (Phi) is 8.28. The maximum absolute atomic E-state index is 13.2. The summed E-state index contributed by atoms with van der Waals surface area (Å²) >= 11 is 0. The van der Waals surface area contributed by atoms with Gasteiger partial charge in [0.25, 0.3) is 0 Å². The molecule has 5 N–H and O–H groups in total. The van der Waals surface area contributed by atoms with Crippen LogP contribution in [0.25, 0.3) is 0 Å². The molecule has 2 saturated heterocycles. The molecule has 2 atom stereocenters. The number of nitrogens with one attached hydrogen (secondary N) is 1. The van der Waals surface area contributed by atoms with Crippen LogP contribution in [0.1, 0.15) is 58.3 Å². The van der Waals surface area contributed by atoms with Crippen LogP contribution < -0.4 is 16.4 Å². The molecule has 0 unspecified atom stereocenters. The lowest BCUT2D eigenvalue weighted by Crippen LogP contribution is -2.86. The van der Waals surface area contributed by atoms with Gasteiger partial charge in [-0.25, -0.2) is 0 Å². The highest BCUT2D eigenvalue weighted by molar-refractivity contribution is 5.92. The molecule has 0 aromatic rings. The minimum absolute atomic E-state index is 0.0118. The van der Waals surface area contributed by atoms with Gasteiger partial charge in [-0.3, -0.25) is 19.2 Å². The minimum atomic E-state index is -0.793. The fourth-order valence-electron chi connectivity index (χ4n) is 5.29. The molecular formula is C22H38N5O4+. The van der Waals surface area contributed by atoms with E-state index in [1.54, 1.807) is 4.90 Å². The molecular weight excluding hydrogens is 398 g/mol. The first-order valence-electron chi connectivity index (χ1n) is 11.8. The molecule has 0 bridgehead atoms. The summed E-state index contributed by atoms with van der Waals surface area (Å²) in [6, 6.07) is -1.54. The summed E-state index contributed by atoms with van der Waals surface area (Å²) < 4.78 is 0. The molecule has 0 aromatic carbocycles. The molecule has 3 rings (SSSR count). The lowest BCUT2D eigenvalue weighted by molar-refractivity contribution is -0.664. The summed E-state index contributed by atoms with van der Waals surface area (Å²) in [6.07, 6.45) is 7.80. The normalized spacial score (nSPS) is 24.5. The molecule has 9 nitrogen and oxygen atoms in total. The van der Waals surface area contributed by atoms with Crippen LogP contribution >= 0.6 is 0 Å². The summed E-state index contributed by atoms with van der Waals surface area (Å²) in [7, 11) is 0. The van der Waals surface area contributed by atoms with Crippen molar-refractivity contribution in [2.24, 2.45) is 17.6 Å². The van der Waals surface area contributed by atoms with Crippen LogP contribution in [-0.4, -0.2) is 78.2 Å². The van der Waals surface area contributed by atoms with E-state index in [0.29, 0.717) is 25.4 Å². The van der Waals surface area contributed by atoms with E-state index in [-0.39, 0.29) is 24.3 Å². The molecule has 174 valence electrons. The standard InChI is InChI=1S/C22H37N5O4/c1-15(28)27-12-11-26(22(31)17-7-9-24-10-8-17)14-19(27)21(30)25-18(20(23)29)13-16-5-3-2-4-6-16/h16-19,24H,2-14H2,1H3,(H2,23,29)(H,25,30)/p+1/t18-,19+/m0/s1. The van der Waals surface area contributed by atoms with Crippen molar-refractivity contribution in [2.45, 2.75) is 70.4 Å². The highest BCUT2D eigenvalue weighted by Crippen LogP contribution is 2.27. The molecule has 0 spiro atoms. The number of quaternary nitrogens is 1. The van der Waals surface area contributed by atoms with E-state index in [1.165, 1.54) is 18.2 Å². The van der Waals surface area contributed by atoms with Crippen molar-refractivity contribution in [1.82, 2.24) is 15.1 Å². The van der Waals surface area contributed by atoms with Gasteiger partial charge in [0.15, 0.2) is 0 Å². The lowest BCUT2D eigenvalue weighted by atomic mass is 9.84. The number of rotatable bonds is 6. The third kappa shape index (κ3) is 6.18. The van der Waals surface area contributed by atoms with Gasteiger partial charge in [0.1, 0.15) is 12.1 Å². The van der Waals surface area contributed by atoms with Gasteiger partial charge in [0.05, 0.1) is 19.6 Å². The van der Waals surface area contributed by atoms with E-state index < -0.39 is 23.9 Å². The maximum Gasteiger partial charge on any atom is 0.245 e. The quantitative estimate of drug-likeness (QED) is 0.491. The number of amides is 4. The zero-order chi connectivity index (χ0) is 22.4. The van der Waals surface area contributed by atoms with Crippen LogP contribution in [0, 0.1) is 11.8 Å². The Morgan fingerprint density at radius 2 is 1.71 bits per heavy atom. The lowest BCUT2D eigenvalue weighted by Gasteiger charge is -2.41. The Morgan fingerprint density at radius 3 is 2.32 bits per heavy atom. The maximum atomic E-state index is 13.2. The zero-order valence-electron chi connectivity index (χ0n) is 18.7. The number of nitrogens with two attached hydrogens (primary N) is 2. The first-order chi connectivity index (χ1) is 14.9. The smallest absolute Gasteiger partial charge is 0.245 e. The fourth-order valence-corrected chi connectivity index (χ4v) is 5.29. The van der Waals surface area contributed by atoms with Crippen molar-refractivity contribution in [3.63, 3.8) is 0 Å². The predicted octanol–water partition coefficient (Wildman–Crippen LogP) is -1.04. The van der Waals surface area contributed by atoms with Gasteiger partial charge in [-0.05, 0) is 12.3 Å². The molecule has 1 saturated carbocycles. The molecule has 0 radical (unpaired) electrons. The molecule has 3 fully saturated rings. The minimum Gasteiger partial charge on any atom is -0.368 e. The second-order valence-electron chi connectivity index (χ2n) is 9.36. The largest absolute Gasteiger partial charge is 0.368 e. The fraction of sp³-hybridized carbons (Fsp3) is 0.818. The number of piperazine rings is 1. The van der Waals surface area contributed by atoms with Crippen molar-refractivity contribution in [1.29, 1.82) is 0 Å². The van der Waals surface area contributed by atoms with Crippen LogP contribution in [0.3, 0.4) is 0 Å². The predicted molar refractivity (Wildman–Crippen MR) is 114 cm³/mol. The number of primary amides is 1. The van der Waals surface area contributed by atoms with Crippen LogP contribution in [-0.2, 0) is 19.2 Å². The number of hydrogen-bond donors (Lipinski definition) is 3. The monoisotopic (exact) mass is 436 g/mol. The molecule has 1 aliphatic carbocycles. The van der Waals surface area contributed by atoms with Crippen molar-refractivity contribution in [2.75, 3.05) is 32.7 Å². The Bertz CT molecular complexity index is 673. The topological polar surface area (TPSA) is 129 Å². The molecule has 3 aliphatic rings. The van der Waals surface area contributed by atoms with Gasteiger partial charge in [0.2, 0.25) is 23.6 Å². The Morgan fingerprint density at radius 1 is 1.03 bits per heavy atom. The molecule has 31 heavy (non-hydrogen) atoms. The SMILES string of the molecule is CC(=O)N1CCN(C(=O)C2CC[NH2+]CC2)C[C@@H]1C(=O)N[C@@H](CC1CCCCC1)C(N)=O. The first-order valence-corrected chi connectivity index (χ1v) is 11.8. The zero-order valence-corrected chi connectivity index (χ0v) is 18.7. The van der Waals surface area contributed by atoms with Gasteiger partial charge in [-0.2, -0.15) is 0 Å². The third-order valence-corrected chi connectivity index (χ3v) is 7.14. The molecule has 4 amide bonds. The summed E-state index contributed by atoms with van der Waals surface area (Å²) in [4.78, 5) is 53.6. The van der Waals surface area contributed by atoms with Gasteiger partial charge in [-0.1, -0.05) is 32.1 Å². The second kappa shape index (κ2) is 10.9. The van der Waals surface area contributed by atoms with Crippen molar-refractivity contribution in [3.05, 3.63) is 0 Å². The molecule has 2 heterocycles. The number of nitrogens with zero attached hydrogens (tertiary/aromatic N) is 2. The van der Waals surface area contributed by atoms with Gasteiger partial charge < -0.3 is 26.2 Å². The number of carbonyl (C=O) groups excluding carboxylic acids is 4. The van der Waals surface area contributed by atoms with Gasteiger partial charge >= 0.3 is 0 Å². The van der Waals surface area contributed by atoms with E-state index in [1.807, 2.05) is 0 Å². The van der Waals surface area contributed by atoms with Crippen LogP contribution in [0.15, 0.2) is 0 Å². The average Bonchev–Trinajstić information content (AvgIpc) is 2.78. The molecule has 9 heteroatoms. The highest BCUT2D eigenvalue weighted by Gasteiger charge is 2.39. The Hall–Kier alpha value is -2.16. The van der Waals surface area contributed by atoms with E-state index in [0.717, 1.165) is 51.6 Å². The summed E-state index contributed by atoms with van der Waals surface area (Å²) in [5.41, 5.74) is 5.60.